The molecule has 2 aromatic heterocycles. The number of hydrogen-bond donors (Lipinski definition) is 0. The SMILES string of the molecule is N#C/C=C1/C(=C2c3cccnc3-c3ncccc32)C(=O)c2c(F)c(F)c(F)c(F)c21. The van der Waals surface area contributed by atoms with Gasteiger partial charge in [0.05, 0.1) is 23.0 Å². The zero-order valence-electron chi connectivity index (χ0n) is 14.8. The topological polar surface area (TPSA) is 66.6 Å². The third-order valence-corrected chi connectivity index (χ3v) is 5.10. The average molecular weight is 405 g/mol. The number of aromatic nitrogens is 2. The van der Waals surface area contributed by atoms with Gasteiger partial charge in [-0.1, -0.05) is 12.1 Å². The molecule has 5 rings (SSSR count). The van der Waals surface area contributed by atoms with Gasteiger partial charge in [-0.2, -0.15) is 5.26 Å². The minimum atomic E-state index is -2.09. The summed E-state index contributed by atoms with van der Waals surface area (Å²) in [5.41, 5.74) is -0.265. The Labute approximate surface area is 166 Å². The molecule has 0 amide bonds. The van der Waals surface area contributed by atoms with Crippen LogP contribution in [0, 0.1) is 34.6 Å². The van der Waals surface area contributed by atoms with Crippen LogP contribution in [0.1, 0.15) is 27.0 Å². The number of nitrogens with zero attached hydrogens (tertiary/aromatic N) is 3. The van der Waals surface area contributed by atoms with E-state index in [-0.39, 0.29) is 16.7 Å². The van der Waals surface area contributed by atoms with Crippen LogP contribution < -0.4 is 0 Å². The molecule has 0 radical (unpaired) electrons. The monoisotopic (exact) mass is 405 g/mol. The third kappa shape index (κ3) is 2.12. The summed E-state index contributed by atoms with van der Waals surface area (Å²) in [5, 5.41) is 9.20. The van der Waals surface area contributed by atoms with Crippen molar-refractivity contribution in [1.29, 1.82) is 5.26 Å². The minimum absolute atomic E-state index is 0.239. The van der Waals surface area contributed by atoms with Gasteiger partial charge in [0.15, 0.2) is 29.1 Å². The van der Waals surface area contributed by atoms with Crippen LogP contribution in [-0.4, -0.2) is 15.8 Å². The molecule has 8 heteroatoms. The first-order valence-electron chi connectivity index (χ1n) is 8.64. The van der Waals surface area contributed by atoms with Crippen molar-refractivity contribution in [1.82, 2.24) is 9.97 Å². The Balaban J connectivity index is 1.96. The summed E-state index contributed by atoms with van der Waals surface area (Å²) in [4.78, 5) is 21.7. The Morgan fingerprint density at radius 1 is 0.800 bits per heavy atom. The number of nitriles is 1. The van der Waals surface area contributed by atoms with Crippen molar-refractivity contribution in [2.24, 2.45) is 0 Å². The second-order valence-corrected chi connectivity index (χ2v) is 6.57. The second kappa shape index (κ2) is 6.19. The maximum atomic E-state index is 14.6. The van der Waals surface area contributed by atoms with E-state index in [9.17, 15) is 27.6 Å². The van der Waals surface area contributed by atoms with E-state index in [1.54, 1.807) is 30.3 Å². The van der Waals surface area contributed by atoms with Gasteiger partial charge in [0.2, 0.25) is 0 Å². The molecule has 0 bridgehead atoms. The Kier molecular flexibility index (Phi) is 3.70. The summed E-state index contributed by atoms with van der Waals surface area (Å²) >= 11 is 0. The van der Waals surface area contributed by atoms with E-state index >= 15 is 0 Å². The van der Waals surface area contributed by atoms with Crippen LogP contribution in [0.15, 0.2) is 48.3 Å². The first-order chi connectivity index (χ1) is 14.5. The van der Waals surface area contributed by atoms with Crippen LogP contribution in [0.5, 0.6) is 0 Å². The lowest BCUT2D eigenvalue weighted by molar-refractivity contribution is 0.103. The zero-order valence-corrected chi connectivity index (χ0v) is 14.8. The molecule has 30 heavy (non-hydrogen) atoms. The number of rotatable bonds is 0. The van der Waals surface area contributed by atoms with E-state index < -0.39 is 40.2 Å². The third-order valence-electron chi connectivity index (χ3n) is 5.10. The molecule has 0 spiro atoms. The smallest absolute Gasteiger partial charge is 0.198 e. The first kappa shape index (κ1) is 17.9. The predicted octanol–water partition coefficient (Wildman–Crippen LogP) is 4.62. The summed E-state index contributed by atoms with van der Waals surface area (Å²) in [7, 11) is 0. The van der Waals surface area contributed by atoms with Crippen molar-refractivity contribution in [3.63, 3.8) is 0 Å². The van der Waals surface area contributed by atoms with Crippen LogP contribution >= 0.6 is 0 Å². The maximum absolute atomic E-state index is 14.6. The van der Waals surface area contributed by atoms with Crippen molar-refractivity contribution >= 4 is 16.9 Å². The van der Waals surface area contributed by atoms with Gasteiger partial charge in [0, 0.05) is 51.9 Å². The van der Waals surface area contributed by atoms with Crippen molar-refractivity contribution in [2.75, 3.05) is 0 Å². The van der Waals surface area contributed by atoms with Gasteiger partial charge in [0.1, 0.15) is 0 Å². The van der Waals surface area contributed by atoms with Gasteiger partial charge >= 0.3 is 0 Å². The van der Waals surface area contributed by atoms with E-state index in [2.05, 4.69) is 9.97 Å². The molecular weight excluding hydrogens is 398 g/mol. The fraction of sp³-hybridized carbons (Fsp3) is 0. The Hall–Kier alpha value is -4.12. The zero-order chi connectivity index (χ0) is 21.2. The van der Waals surface area contributed by atoms with Crippen LogP contribution in [0.4, 0.5) is 17.6 Å². The Morgan fingerprint density at radius 3 is 1.87 bits per heavy atom. The molecule has 2 heterocycles. The van der Waals surface area contributed by atoms with Crippen LogP contribution in [0.3, 0.4) is 0 Å². The molecule has 0 saturated carbocycles. The molecule has 0 N–H and O–H groups in total. The first-order valence-corrected chi connectivity index (χ1v) is 8.64. The molecule has 3 aromatic rings. The molecule has 144 valence electrons. The largest absolute Gasteiger partial charge is 0.288 e. The minimum Gasteiger partial charge on any atom is -0.288 e. The highest BCUT2D eigenvalue weighted by molar-refractivity contribution is 6.32. The fourth-order valence-corrected chi connectivity index (χ4v) is 3.93. The normalized spacial score (nSPS) is 15.3. The summed E-state index contributed by atoms with van der Waals surface area (Å²) in [6.45, 7) is 0. The van der Waals surface area contributed by atoms with Gasteiger partial charge in [-0.25, -0.2) is 17.6 Å². The van der Waals surface area contributed by atoms with Crippen molar-refractivity contribution in [3.8, 4) is 17.5 Å². The van der Waals surface area contributed by atoms with Crippen molar-refractivity contribution < 1.29 is 22.4 Å². The molecule has 0 aliphatic heterocycles. The van der Waals surface area contributed by atoms with Crippen molar-refractivity contribution in [2.45, 2.75) is 0 Å². The lowest BCUT2D eigenvalue weighted by atomic mass is 9.93. The van der Waals surface area contributed by atoms with E-state index in [0.717, 1.165) is 6.08 Å². The Morgan fingerprint density at radius 2 is 1.33 bits per heavy atom. The van der Waals surface area contributed by atoms with E-state index in [1.807, 2.05) is 0 Å². The van der Waals surface area contributed by atoms with E-state index in [1.165, 1.54) is 12.4 Å². The van der Waals surface area contributed by atoms with Crippen molar-refractivity contribution in [3.05, 3.63) is 93.8 Å². The Bertz CT molecular complexity index is 1370. The number of carbonyl (C=O) groups excluding carboxylic acids is 1. The van der Waals surface area contributed by atoms with Crippen LogP contribution in [0.25, 0.3) is 22.5 Å². The summed E-state index contributed by atoms with van der Waals surface area (Å²) in [6.07, 6.45) is 3.86. The van der Waals surface area contributed by atoms with E-state index in [4.69, 9.17) is 0 Å². The summed E-state index contributed by atoms with van der Waals surface area (Å²) in [6, 6.07) is 8.15. The number of halogens is 4. The van der Waals surface area contributed by atoms with Gasteiger partial charge in [0.25, 0.3) is 0 Å². The fourth-order valence-electron chi connectivity index (χ4n) is 3.93. The summed E-state index contributed by atoms with van der Waals surface area (Å²) in [5.74, 6) is -8.72. The lowest BCUT2D eigenvalue weighted by Gasteiger charge is -2.08. The highest BCUT2D eigenvalue weighted by Gasteiger charge is 2.43. The molecule has 1 aromatic carbocycles. The lowest BCUT2D eigenvalue weighted by Crippen LogP contribution is -2.07. The van der Waals surface area contributed by atoms with Gasteiger partial charge in [-0.15, -0.1) is 0 Å². The highest BCUT2D eigenvalue weighted by atomic mass is 19.2. The maximum Gasteiger partial charge on any atom is 0.198 e. The average Bonchev–Trinajstić information content (AvgIpc) is 3.23. The second-order valence-electron chi connectivity index (χ2n) is 6.57. The van der Waals surface area contributed by atoms with E-state index in [0.29, 0.717) is 22.5 Å². The van der Waals surface area contributed by atoms with Gasteiger partial charge in [-0.05, 0) is 12.1 Å². The molecule has 2 aliphatic carbocycles. The highest BCUT2D eigenvalue weighted by Crippen LogP contribution is 2.50. The molecular formula is C22H7F4N3O. The number of carbonyl (C=O) groups is 1. The predicted molar refractivity (Wildman–Crippen MR) is 97.7 cm³/mol. The molecule has 4 nitrogen and oxygen atoms in total. The molecule has 0 atom stereocenters. The molecule has 2 aliphatic rings. The van der Waals surface area contributed by atoms with Gasteiger partial charge in [-0.3, -0.25) is 14.8 Å². The molecule has 0 fully saturated rings. The number of fused-ring (bicyclic) bond motifs is 4. The number of Topliss-reactive ketones (excluding diaryl/α,β-unsaturated/α-hetero) is 1. The molecule has 0 saturated heterocycles. The standard InChI is InChI=1S/C22H7F4N3O/c23-16-13-9(5-6-27)14(22(30)15(13)17(24)19(26)18(16)25)12-10-3-1-7-28-20(10)21-11(12)4-2-8-29-21/h1-5,7-8H/b9-5+. The number of ketones is 1. The van der Waals surface area contributed by atoms with Crippen LogP contribution in [0.2, 0.25) is 0 Å². The molecule has 0 unspecified atom stereocenters. The van der Waals surface area contributed by atoms with Crippen LogP contribution in [-0.2, 0) is 0 Å². The number of benzene rings is 1. The number of pyridine rings is 2. The summed E-state index contributed by atoms with van der Waals surface area (Å²) < 4.78 is 56.9. The quantitative estimate of drug-likeness (QED) is 0.141. The number of hydrogen-bond acceptors (Lipinski definition) is 4. The van der Waals surface area contributed by atoms with Gasteiger partial charge < -0.3 is 0 Å². The number of allylic oxidation sites excluding steroid dienone is 3.